The molecule has 36 heavy (non-hydrogen) atoms. The summed E-state index contributed by atoms with van der Waals surface area (Å²) in [4.78, 5) is 30.9. The van der Waals surface area contributed by atoms with Crippen molar-refractivity contribution in [2.45, 2.75) is 26.2 Å². The number of benzene rings is 3. The van der Waals surface area contributed by atoms with E-state index in [-0.39, 0.29) is 11.3 Å². The van der Waals surface area contributed by atoms with Gasteiger partial charge in [0, 0.05) is 41.0 Å². The number of hydrogen-bond acceptors (Lipinski definition) is 6. The zero-order chi connectivity index (χ0) is 25.4. The quantitative estimate of drug-likeness (QED) is 0.217. The number of nitro groups is 1. The van der Waals surface area contributed by atoms with Crippen molar-refractivity contribution in [3.63, 3.8) is 0 Å². The largest absolute Gasteiger partial charge is 0.435 e. The van der Waals surface area contributed by atoms with Gasteiger partial charge < -0.3 is 14.6 Å². The van der Waals surface area contributed by atoms with E-state index >= 15 is 0 Å². The number of anilines is 2. The second-order valence-corrected chi connectivity index (χ2v) is 9.59. The van der Waals surface area contributed by atoms with Crippen molar-refractivity contribution in [3.05, 3.63) is 79.8 Å². The van der Waals surface area contributed by atoms with Gasteiger partial charge in [-0.3, -0.25) is 14.9 Å². The molecule has 0 radical (unpaired) electrons. The number of piperidine rings is 1. The Morgan fingerprint density at radius 3 is 2.61 bits per heavy atom. The topological polar surface area (TPSA) is 102 Å². The Balaban J connectivity index is 1.43. The number of nitro benzene ring substituents is 1. The third kappa shape index (κ3) is 4.74. The average Bonchev–Trinajstić information content (AvgIpc) is 3.30. The highest BCUT2D eigenvalue weighted by Gasteiger charge is 2.23. The van der Waals surface area contributed by atoms with Crippen LogP contribution in [0.25, 0.3) is 22.6 Å². The van der Waals surface area contributed by atoms with E-state index in [1.807, 2.05) is 24.0 Å². The minimum absolute atomic E-state index is 0.0722. The first kappa shape index (κ1) is 24.1. The molecule has 1 amide bonds. The lowest BCUT2D eigenvalue weighted by molar-refractivity contribution is -0.384. The molecule has 0 atom stereocenters. The monoisotopic (exact) mass is 524 g/mol. The number of nitrogens with one attached hydrogen (secondary N) is 1. The predicted molar refractivity (Wildman–Crippen MR) is 141 cm³/mol. The first-order valence-electron chi connectivity index (χ1n) is 11.5. The van der Waals surface area contributed by atoms with E-state index < -0.39 is 10.8 Å². The van der Waals surface area contributed by atoms with Crippen LogP contribution < -0.4 is 10.2 Å². The number of halogens is 2. The van der Waals surface area contributed by atoms with Gasteiger partial charge in [0.2, 0.25) is 5.89 Å². The minimum Gasteiger partial charge on any atom is -0.435 e. The van der Waals surface area contributed by atoms with E-state index in [1.54, 1.807) is 30.3 Å². The highest BCUT2D eigenvalue weighted by Crippen LogP contribution is 2.34. The van der Waals surface area contributed by atoms with Gasteiger partial charge in [-0.2, -0.15) is 0 Å². The Morgan fingerprint density at radius 2 is 1.86 bits per heavy atom. The molecule has 8 nitrogen and oxygen atoms in total. The van der Waals surface area contributed by atoms with Crippen molar-refractivity contribution in [2.75, 3.05) is 23.3 Å². The van der Waals surface area contributed by atoms with E-state index in [0.29, 0.717) is 44.0 Å². The predicted octanol–water partition coefficient (Wildman–Crippen LogP) is 7.26. The van der Waals surface area contributed by atoms with Crippen LogP contribution in [0.5, 0.6) is 0 Å². The molecule has 1 N–H and O–H groups in total. The van der Waals surface area contributed by atoms with Crippen LogP contribution in [0.2, 0.25) is 10.0 Å². The van der Waals surface area contributed by atoms with Gasteiger partial charge in [0.1, 0.15) is 11.2 Å². The van der Waals surface area contributed by atoms with Crippen molar-refractivity contribution in [1.29, 1.82) is 0 Å². The lowest BCUT2D eigenvalue weighted by atomic mass is 10.1. The molecule has 1 aliphatic rings. The van der Waals surface area contributed by atoms with Crippen molar-refractivity contribution >= 4 is 57.3 Å². The van der Waals surface area contributed by atoms with Gasteiger partial charge in [-0.05, 0) is 68.1 Å². The van der Waals surface area contributed by atoms with Crippen LogP contribution in [-0.2, 0) is 0 Å². The third-order valence-corrected chi connectivity index (χ3v) is 6.77. The van der Waals surface area contributed by atoms with Gasteiger partial charge >= 0.3 is 0 Å². The third-order valence-electron chi connectivity index (χ3n) is 6.27. The number of oxazole rings is 1. The van der Waals surface area contributed by atoms with E-state index in [9.17, 15) is 14.9 Å². The van der Waals surface area contributed by atoms with Crippen molar-refractivity contribution < 1.29 is 14.1 Å². The van der Waals surface area contributed by atoms with E-state index in [2.05, 4.69) is 10.3 Å². The molecule has 3 aromatic carbocycles. The summed E-state index contributed by atoms with van der Waals surface area (Å²) in [7, 11) is 0. The van der Waals surface area contributed by atoms with E-state index in [4.69, 9.17) is 27.6 Å². The number of rotatable bonds is 5. The summed E-state index contributed by atoms with van der Waals surface area (Å²) >= 11 is 12.3. The fraction of sp³-hybridized carbons (Fsp3) is 0.231. The standard InChI is InChI=1S/C26H22Cl2N4O4/c1-15-5-6-17(26-30-21-14-18(27)13-19(28)24(21)36-26)11-20(15)29-25(33)16-7-8-22(23(12-16)32(34)35)31-9-3-2-4-10-31/h5-8,11-14H,2-4,9-10H2,1H3,(H,29,33). The number of fused-ring (bicyclic) bond motifs is 1. The SMILES string of the molecule is Cc1ccc(-c2nc3cc(Cl)cc(Cl)c3o2)cc1NC(=O)c1ccc(N2CCCCC2)c([N+](=O)[O-])c1. The summed E-state index contributed by atoms with van der Waals surface area (Å²) in [6.45, 7) is 3.39. The lowest BCUT2D eigenvalue weighted by Gasteiger charge is -2.28. The molecule has 0 saturated carbocycles. The van der Waals surface area contributed by atoms with Crippen LogP contribution >= 0.6 is 23.2 Å². The molecule has 1 fully saturated rings. The van der Waals surface area contributed by atoms with Crippen LogP contribution in [0.3, 0.4) is 0 Å². The molecule has 2 heterocycles. The molecule has 0 spiro atoms. The Hall–Kier alpha value is -3.62. The molecule has 1 aliphatic heterocycles. The summed E-state index contributed by atoms with van der Waals surface area (Å²) in [5.41, 5.74) is 3.59. The molecule has 10 heteroatoms. The van der Waals surface area contributed by atoms with Crippen LogP contribution in [-0.4, -0.2) is 28.9 Å². The number of amides is 1. The van der Waals surface area contributed by atoms with Gasteiger partial charge in [0.25, 0.3) is 11.6 Å². The highest BCUT2D eigenvalue weighted by molar-refractivity contribution is 6.38. The van der Waals surface area contributed by atoms with Crippen molar-refractivity contribution in [1.82, 2.24) is 4.98 Å². The normalized spacial score (nSPS) is 13.7. The van der Waals surface area contributed by atoms with E-state index in [0.717, 1.165) is 37.9 Å². The lowest BCUT2D eigenvalue weighted by Crippen LogP contribution is -2.30. The molecule has 1 saturated heterocycles. The van der Waals surface area contributed by atoms with Gasteiger partial charge in [-0.1, -0.05) is 29.3 Å². The Labute approximate surface area is 217 Å². The fourth-order valence-corrected chi connectivity index (χ4v) is 4.90. The molecule has 0 unspecified atom stereocenters. The second kappa shape index (κ2) is 9.79. The molecular weight excluding hydrogens is 503 g/mol. The summed E-state index contributed by atoms with van der Waals surface area (Å²) in [6, 6.07) is 13.3. The maximum Gasteiger partial charge on any atom is 0.293 e. The molecule has 1 aromatic heterocycles. The number of carbonyl (C=O) groups excluding carboxylic acids is 1. The summed E-state index contributed by atoms with van der Waals surface area (Å²) < 4.78 is 5.84. The molecule has 4 aromatic rings. The number of hydrogen-bond donors (Lipinski definition) is 1. The molecule has 0 bridgehead atoms. The van der Waals surface area contributed by atoms with E-state index in [1.165, 1.54) is 6.07 Å². The minimum atomic E-state index is -0.448. The van der Waals surface area contributed by atoms with Crippen molar-refractivity contribution in [3.8, 4) is 11.5 Å². The van der Waals surface area contributed by atoms with Crippen LogP contribution in [0.4, 0.5) is 17.1 Å². The molecule has 5 rings (SSSR count). The van der Waals surface area contributed by atoms with Crippen LogP contribution in [0.15, 0.2) is 52.9 Å². The number of nitrogens with zero attached hydrogens (tertiary/aromatic N) is 3. The first-order chi connectivity index (χ1) is 17.3. The van der Waals surface area contributed by atoms with Gasteiger partial charge in [0.05, 0.1) is 9.95 Å². The second-order valence-electron chi connectivity index (χ2n) is 8.75. The van der Waals surface area contributed by atoms with Crippen molar-refractivity contribution in [2.24, 2.45) is 0 Å². The molecular formula is C26H22Cl2N4O4. The van der Waals surface area contributed by atoms with Crippen LogP contribution in [0, 0.1) is 17.0 Å². The number of carbonyl (C=O) groups is 1. The van der Waals surface area contributed by atoms with Gasteiger partial charge in [0.15, 0.2) is 5.58 Å². The highest BCUT2D eigenvalue weighted by atomic mass is 35.5. The van der Waals surface area contributed by atoms with Gasteiger partial charge in [-0.15, -0.1) is 0 Å². The maximum absolute atomic E-state index is 13.1. The smallest absolute Gasteiger partial charge is 0.293 e. The summed E-state index contributed by atoms with van der Waals surface area (Å²) in [5, 5.41) is 15.5. The number of aromatic nitrogens is 1. The summed E-state index contributed by atoms with van der Waals surface area (Å²) in [5.74, 6) is -0.123. The zero-order valence-electron chi connectivity index (χ0n) is 19.4. The molecule has 184 valence electrons. The number of aryl methyl sites for hydroxylation is 1. The van der Waals surface area contributed by atoms with Gasteiger partial charge in [-0.25, -0.2) is 4.98 Å². The fourth-order valence-electron chi connectivity index (χ4n) is 4.38. The first-order valence-corrected chi connectivity index (χ1v) is 12.3. The average molecular weight is 525 g/mol. The van der Waals surface area contributed by atoms with Crippen LogP contribution in [0.1, 0.15) is 35.2 Å². The Morgan fingerprint density at radius 1 is 1.08 bits per heavy atom. The summed E-state index contributed by atoms with van der Waals surface area (Å²) in [6.07, 6.45) is 3.11. The Bertz CT molecular complexity index is 1500. The maximum atomic E-state index is 13.1. The zero-order valence-corrected chi connectivity index (χ0v) is 20.9. The Kier molecular flexibility index (Phi) is 6.55. The molecule has 0 aliphatic carbocycles.